The molecule has 30 heavy (non-hydrogen) atoms. The Morgan fingerprint density at radius 1 is 1.07 bits per heavy atom. The Balaban J connectivity index is 0.00000450. The maximum Gasteiger partial charge on any atom is 0.250 e. The number of ether oxygens (including phenoxy) is 1. The van der Waals surface area contributed by atoms with Crippen molar-refractivity contribution < 1.29 is 4.74 Å². The molecule has 0 radical (unpaired) electrons. The Morgan fingerprint density at radius 3 is 2.47 bits per heavy atom. The Labute approximate surface area is 197 Å². The summed E-state index contributed by atoms with van der Waals surface area (Å²) in [5.74, 6) is 1.46. The molecular weight excluding hydrogens is 491 g/mol. The average Bonchev–Trinajstić information content (AvgIpc) is 2.71. The van der Waals surface area contributed by atoms with Crippen LogP contribution in [0.15, 0.2) is 58.4 Å². The lowest BCUT2D eigenvalue weighted by molar-refractivity contribution is 0.128. The lowest BCUT2D eigenvalue weighted by atomic mass is 10.1. The van der Waals surface area contributed by atoms with Crippen LogP contribution in [0, 0.1) is 5.92 Å². The van der Waals surface area contributed by atoms with Gasteiger partial charge < -0.3 is 19.9 Å². The molecule has 0 spiro atoms. The summed E-state index contributed by atoms with van der Waals surface area (Å²) in [7, 11) is 0. The van der Waals surface area contributed by atoms with Crippen LogP contribution < -0.4 is 16.2 Å². The van der Waals surface area contributed by atoms with Crippen molar-refractivity contribution in [1.82, 2.24) is 15.2 Å². The molecular formula is C23H35IN4O2. The first kappa shape index (κ1) is 26.2. The predicted molar refractivity (Wildman–Crippen MR) is 135 cm³/mol. The molecule has 2 rings (SSSR count). The number of guanidine groups is 1. The number of nitrogens with one attached hydrogen (secondary N) is 2. The van der Waals surface area contributed by atoms with Crippen LogP contribution in [0.3, 0.4) is 0 Å². The van der Waals surface area contributed by atoms with Crippen LogP contribution in [-0.2, 0) is 17.8 Å². The van der Waals surface area contributed by atoms with E-state index in [0.29, 0.717) is 25.6 Å². The molecule has 0 unspecified atom stereocenters. The third kappa shape index (κ3) is 10.2. The van der Waals surface area contributed by atoms with Crippen LogP contribution in [0.25, 0.3) is 0 Å². The third-order valence-electron chi connectivity index (χ3n) is 4.42. The van der Waals surface area contributed by atoms with Gasteiger partial charge >= 0.3 is 0 Å². The summed E-state index contributed by atoms with van der Waals surface area (Å²) >= 11 is 0. The summed E-state index contributed by atoms with van der Waals surface area (Å²) in [6.45, 7) is 10.6. The Morgan fingerprint density at radius 2 is 1.80 bits per heavy atom. The van der Waals surface area contributed by atoms with Gasteiger partial charge in [-0.1, -0.05) is 44.2 Å². The van der Waals surface area contributed by atoms with Crippen molar-refractivity contribution in [3.05, 3.63) is 70.1 Å². The SMILES string of the molecule is CCNC(=NCc1ccc(Cn2ccccc2=O)cc1)NCCOCCC(C)C.I. The van der Waals surface area contributed by atoms with Crippen molar-refractivity contribution in [1.29, 1.82) is 0 Å². The third-order valence-corrected chi connectivity index (χ3v) is 4.42. The summed E-state index contributed by atoms with van der Waals surface area (Å²) in [6.07, 6.45) is 2.89. The molecule has 1 aromatic carbocycles. The highest BCUT2D eigenvalue weighted by atomic mass is 127. The highest BCUT2D eigenvalue weighted by Crippen LogP contribution is 2.07. The lowest BCUT2D eigenvalue weighted by Crippen LogP contribution is -2.39. The standard InChI is InChI=1S/C23H34N4O2.HI/c1-4-24-23(25-13-16-29-15-12-19(2)3)26-17-20-8-10-21(11-9-20)18-27-14-6-5-7-22(27)28;/h5-11,14,19H,4,12-13,15-18H2,1-3H3,(H2,24,25,26);1H. The van der Waals surface area contributed by atoms with E-state index in [1.165, 1.54) is 0 Å². The first-order valence-corrected chi connectivity index (χ1v) is 10.4. The molecule has 0 saturated carbocycles. The van der Waals surface area contributed by atoms with Crippen molar-refractivity contribution in [2.45, 2.75) is 40.3 Å². The molecule has 0 amide bonds. The van der Waals surface area contributed by atoms with Gasteiger partial charge in [0.1, 0.15) is 0 Å². The number of hydrogen-bond acceptors (Lipinski definition) is 3. The average molecular weight is 526 g/mol. The molecule has 0 bridgehead atoms. The van der Waals surface area contributed by atoms with Crippen LogP contribution >= 0.6 is 24.0 Å². The van der Waals surface area contributed by atoms with Crippen molar-refractivity contribution in [2.75, 3.05) is 26.3 Å². The van der Waals surface area contributed by atoms with Crippen molar-refractivity contribution in [3.8, 4) is 0 Å². The van der Waals surface area contributed by atoms with Gasteiger partial charge in [0.15, 0.2) is 5.96 Å². The second-order valence-corrected chi connectivity index (χ2v) is 7.40. The monoisotopic (exact) mass is 526 g/mol. The van der Waals surface area contributed by atoms with Crippen LogP contribution in [0.1, 0.15) is 38.3 Å². The van der Waals surface area contributed by atoms with E-state index in [-0.39, 0.29) is 29.5 Å². The van der Waals surface area contributed by atoms with Gasteiger partial charge in [-0.15, -0.1) is 24.0 Å². The molecule has 2 N–H and O–H groups in total. The van der Waals surface area contributed by atoms with Crippen LogP contribution in [0.4, 0.5) is 0 Å². The molecule has 0 aliphatic carbocycles. The minimum atomic E-state index is 0. The number of aliphatic imine (C=N–C) groups is 1. The number of nitrogens with zero attached hydrogens (tertiary/aromatic N) is 2. The van der Waals surface area contributed by atoms with E-state index in [9.17, 15) is 4.79 Å². The molecule has 166 valence electrons. The minimum absolute atomic E-state index is 0. The number of rotatable bonds is 11. The zero-order valence-electron chi connectivity index (χ0n) is 18.3. The predicted octanol–water partition coefficient (Wildman–Crippen LogP) is 3.63. The van der Waals surface area contributed by atoms with Gasteiger partial charge in [0.2, 0.25) is 0 Å². The Bertz CT molecular complexity index is 803. The number of aromatic nitrogens is 1. The molecule has 1 aromatic heterocycles. The molecule has 0 aliphatic heterocycles. The molecule has 1 heterocycles. The smallest absolute Gasteiger partial charge is 0.250 e. The highest BCUT2D eigenvalue weighted by Gasteiger charge is 2.00. The fourth-order valence-corrected chi connectivity index (χ4v) is 2.71. The van der Waals surface area contributed by atoms with E-state index in [0.717, 1.165) is 43.2 Å². The maximum absolute atomic E-state index is 11.8. The summed E-state index contributed by atoms with van der Waals surface area (Å²) < 4.78 is 7.33. The molecule has 2 aromatic rings. The van der Waals surface area contributed by atoms with E-state index < -0.39 is 0 Å². The van der Waals surface area contributed by atoms with Crippen molar-refractivity contribution in [2.24, 2.45) is 10.9 Å². The summed E-state index contributed by atoms with van der Waals surface area (Å²) in [5.41, 5.74) is 2.23. The largest absolute Gasteiger partial charge is 0.380 e. The van der Waals surface area contributed by atoms with Gasteiger partial charge in [-0.05, 0) is 36.5 Å². The first-order valence-electron chi connectivity index (χ1n) is 10.4. The lowest BCUT2D eigenvalue weighted by Gasteiger charge is -2.12. The number of halogens is 1. The van der Waals surface area contributed by atoms with Gasteiger partial charge in [0.05, 0.1) is 19.7 Å². The summed E-state index contributed by atoms with van der Waals surface area (Å²) in [6, 6.07) is 13.4. The number of hydrogen-bond donors (Lipinski definition) is 2. The zero-order chi connectivity index (χ0) is 20.9. The Kier molecular flexibility index (Phi) is 13.1. The molecule has 0 saturated heterocycles. The summed E-state index contributed by atoms with van der Waals surface area (Å²) in [5, 5.41) is 6.56. The van der Waals surface area contributed by atoms with Crippen molar-refractivity contribution in [3.63, 3.8) is 0 Å². The van der Waals surface area contributed by atoms with E-state index in [1.807, 2.05) is 18.2 Å². The van der Waals surface area contributed by atoms with Crippen LogP contribution in [0.5, 0.6) is 0 Å². The molecule has 0 atom stereocenters. The van der Waals surface area contributed by atoms with Crippen LogP contribution in [-0.4, -0.2) is 36.8 Å². The van der Waals surface area contributed by atoms with E-state index >= 15 is 0 Å². The second-order valence-electron chi connectivity index (χ2n) is 7.40. The van der Waals surface area contributed by atoms with Gasteiger partial charge in [-0.2, -0.15) is 0 Å². The number of pyridine rings is 1. The second kappa shape index (κ2) is 15.0. The topological polar surface area (TPSA) is 67.7 Å². The quantitative estimate of drug-likeness (QED) is 0.203. The van der Waals surface area contributed by atoms with E-state index in [1.54, 1.807) is 22.9 Å². The number of benzene rings is 1. The van der Waals surface area contributed by atoms with Gasteiger partial charge in [0, 0.05) is 32.0 Å². The molecule has 7 heteroatoms. The van der Waals surface area contributed by atoms with Crippen LogP contribution in [0.2, 0.25) is 0 Å². The minimum Gasteiger partial charge on any atom is -0.380 e. The molecule has 0 aliphatic rings. The summed E-state index contributed by atoms with van der Waals surface area (Å²) in [4.78, 5) is 16.5. The van der Waals surface area contributed by atoms with Crippen molar-refractivity contribution >= 4 is 29.9 Å². The van der Waals surface area contributed by atoms with E-state index in [2.05, 4.69) is 48.5 Å². The molecule has 6 nitrogen and oxygen atoms in total. The first-order chi connectivity index (χ1) is 14.1. The Hall–Kier alpha value is -1.87. The van der Waals surface area contributed by atoms with Gasteiger partial charge in [-0.25, -0.2) is 4.99 Å². The van der Waals surface area contributed by atoms with E-state index in [4.69, 9.17) is 4.74 Å². The fourth-order valence-electron chi connectivity index (χ4n) is 2.71. The maximum atomic E-state index is 11.8. The fraction of sp³-hybridized carbons (Fsp3) is 0.478. The van der Waals surface area contributed by atoms with Gasteiger partial charge in [-0.3, -0.25) is 4.79 Å². The highest BCUT2D eigenvalue weighted by molar-refractivity contribution is 14.0. The van der Waals surface area contributed by atoms with Gasteiger partial charge in [0.25, 0.3) is 5.56 Å². The zero-order valence-corrected chi connectivity index (χ0v) is 20.6. The molecule has 0 fully saturated rings. The normalized spacial score (nSPS) is 11.3.